The van der Waals surface area contributed by atoms with Gasteiger partial charge in [0.25, 0.3) is 0 Å². The molecule has 1 fully saturated rings. The molecule has 0 aromatic heterocycles. The largest absolute Gasteiger partial charge is 0.481 e. The SMILES string of the molecule is CC(C)(CO)NCC1N=C([C@H](CCCC2CCCCC2)CC(=O)O)ON1. The first-order valence-electron chi connectivity index (χ1n) is 9.97. The predicted octanol–water partition coefficient (Wildman–Crippen LogP) is 2.45. The van der Waals surface area contributed by atoms with Crippen LogP contribution >= 0.6 is 0 Å². The fraction of sp³-hybridized carbons (Fsp3) is 0.895. The van der Waals surface area contributed by atoms with Gasteiger partial charge >= 0.3 is 5.97 Å². The zero-order valence-corrected chi connectivity index (χ0v) is 16.2. The van der Waals surface area contributed by atoms with Crippen molar-refractivity contribution in [1.82, 2.24) is 10.8 Å². The molecular formula is C19H35N3O4. The second-order valence-corrected chi connectivity index (χ2v) is 8.36. The number of rotatable bonds is 11. The normalized spacial score (nSPS) is 22.7. The van der Waals surface area contributed by atoms with E-state index in [4.69, 9.17) is 4.84 Å². The molecule has 1 unspecified atom stereocenters. The maximum absolute atomic E-state index is 11.2. The summed E-state index contributed by atoms with van der Waals surface area (Å²) in [5.41, 5.74) is 2.47. The van der Waals surface area contributed by atoms with Crippen molar-refractivity contribution in [1.29, 1.82) is 0 Å². The number of carboxylic acids is 1. The molecule has 26 heavy (non-hydrogen) atoms. The standard InChI is InChI=1S/C19H35N3O4/c1-19(2,13-23)20-12-16-21-18(26-22-16)15(11-17(24)25)10-6-9-14-7-4-3-5-8-14/h14-16,20,22-23H,3-13H2,1-2H3,(H,24,25)/t15-,16?/m1/s1. The molecule has 1 saturated carbocycles. The maximum Gasteiger partial charge on any atom is 0.304 e. The van der Waals surface area contributed by atoms with Crippen molar-refractivity contribution in [2.45, 2.75) is 83.3 Å². The van der Waals surface area contributed by atoms with E-state index >= 15 is 0 Å². The van der Waals surface area contributed by atoms with Crippen LogP contribution in [0.25, 0.3) is 0 Å². The molecule has 0 amide bonds. The number of aliphatic hydroxyl groups excluding tert-OH is 1. The maximum atomic E-state index is 11.2. The summed E-state index contributed by atoms with van der Waals surface area (Å²) in [5, 5.41) is 21.7. The van der Waals surface area contributed by atoms with Crippen LogP contribution in [0.1, 0.15) is 71.6 Å². The summed E-state index contributed by atoms with van der Waals surface area (Å²) in [5.74, 6) is 0.308. The van der Waals surface area contributed by atoms with E-state index in [9.17, 15) is 15.0 Å². The number of carboxylic acid groups (broad SMARTS) is 1. The van der Waals surface area contributed by atoms with Crippen LogP contribution in [0.15, 0.2) is 4.99 Å². The van der Waals surface area contributed by atoms with Crippen LogP contribution in [0.4, 0.5) is 0 Å². The average molecular weight is 370 g/mol. The summed E-state index contributed by atoms with van der Waals surface area (Å²) >= 11 is 0. The number of aliphatic imine (C=N–C) groups is 1. The second kappa shape index (κ2) is 10.2. The molecule has 0 bridgehead atoms. The summed E-state index contributed by atoms with van der Waals surface area (Å²) < 4.78 is 0. The van der Waals surface area contributed by atoms with Gasteiger partial charge in [0.1, 0.15) is 6.17 Å². The molecule has 0 aromatic carbocycles. The van der Waals surface area contributed by atoms with Gasteiger partial charge < -0.3 is 20.4 Å². The lowest BCUT2D eigenvalue weighted by atomic mass is 9.84. The van der Waals surface area contributed by atoms with Crippen molar-refractivity contribution < 1.29 is 19.8 Å². The van der Waals surface area contributed by atoms with Gasteiger partial charge in [-0.15, -0.1) is 5.48 Å². The first kappa shape index (κ1) is 21.1. The van der Waals surface area contributed by atoms with Gasteiger partial charge in [-0.3, -0.25) is 4.79 Å². The second-order valence-electron chi connectivity index (χ2n) is 8.36. The fourth-order valence-electron chi connectivity index (χ4n) is 3.69. The van der Waals surface area contributed by atoms with Crippen LogP contribution in [0.5, 0.6) is 0 Å². The summed E-state index contributed by atoms with van der Waals surface area (Å²) in [7, 11) is 0. The molecule has 7 nitrogen and oxygen atoms in total. The highest BCUT2D eigenvalue weighted by atomic mass is 16.7. The highest BCUT2D eigenvalue weighted by molar-refractivity contribution is 5.83. The molecule has 4 N–H and O–H groups in total. The number of hydrogen-bond acceptors (Lipinski definition) is 6. The van der Waals surface area contributed by atoms with Gasteiger partial charge in [0.15, 0.2) is 0 Å². The molecule has 1 aliphatic carbocycles. The zero-order chi connectivity index (χ0) is 19.0. The monoisotopic (exact) mass is 369 g/mol. The number of aliphatic carboxylic acids is 1. The number of carbonyl (C=O) groups is 1. The highest BCUT2D eigenvalue weighted by Gasteiger charge is 2.29. The van der Waals surface area contributed by atoms with Crippen molar-refractivity contribution in [2.75, 3.05) is 13.2 Å². The molecule has 150 valence electrons. The van der Waals surface area contributed by atoms with E-state index < -0.39 is 5.97 Å². The Morgan fingerprint density at radius 2 is 2.12 bits per heavy atom. The van der Waals surface area contributed by atoms with E-state index in [0.29, 0.717) is 12.4 Å². The molecule has 2 rings (SSSR count). The molecule has 7 heteroatoms. The first-order chi connectivity index (χ1) is 12.4. The van der Waals surface area contributed by atoms with E-state index in [1.54, 1.807) is 0 Å². The Labute approximate surface area is 156 Å². The minimum absolute atomic E-state index is 0.0277. The van der Waals surface area contributed by atoms with Gasteiger partial charge in [0, 0.05) is 18.0 Å². The van der Waals surface area contributed by atoms with Crippen molar-refractivity contribution >= 4 is 11.9 Å². The molecule has 1 heterocycles. The summed E-state index contributed by atoms with van der Waals surface area (Å²) in [6.45, 7) is 4.36. The molecular weight excluding hydrogens is 334 g/mol. The van der Waals surface area contributed by atoms with E-state index in [0.717, 1.165) is 18.8 Å². The van der Waals surface area contributed by atoms with E-state index in [1.165, 1.54) is 38.5 Å². The number of aliphatic hydroxyl groups is 1. The number of nitrogens with zero attached hydrogens (tertiary/aromatic N) is 1. The van der Waals surface area contributed by atoms with E-state index in [2.05, 4.69) is 15.8 Å². The zero-order valence-electron chi connectivity index (χ0n) is 16.2. The van der Waals surface area contributed by atoms with Crippen LogP contribution < -0.4 is 10.8 Å². The Balaban J connectivity index is 1.83. The van der Waals surface area contributed by atoms with Gasteiger partial charge in [0.2, 0.25) is 5.90 Å². The molecule has 0 saturated heterocycles. The minimum Gasteiger partial charge on any atom is -0.481 e. The summed E-state index contributed by atoms with van der Waals surface area (Å²) in [6.07, 6.45) is 9.44. The van der Waals surface area contributed by atoms with Gasteiger partial charge in [-0.1, -0.05) is 44.9 Å². The van der Waals surface area contributed by atoms with Gasteiger partial charge in [-0.25, -0.2) is 4.99 Å². The lowest BCUT2D eigenvalue weighted by Gasteiger charge is -2.24. The molecule has 0 spiro atoms. The van der Waals surface area contributed by atoms with Crippen molar-refractivity contribution in [3.05, 3.63) is 0 Å². The quantitative estimate of drug-likeness (QED) is 0.446. The summed E-state index contributed by atoms with van der Waals surface area (Å²) in [6, 6.07) is 0. The molecule has 0 aromatic rings. The Kier molecular flexibility index (Phi) is 8.31. The summed E-state index contributed by atoms with van der Waals surface area (Å²) in [4.78, 5) is 21.3. The van der Waals surface area contributed by atoms with Crippen LogP contribution in [-0.4, -0.2) is 46.9 Å². The third-order valence-corrected chi connectivity index (χ3v) is 5.41. The fourth-order valence-corrected chi connectivity index (χ4v) is 3.69. The predicted molar refractivity (Wildman–Crippen MR) is 101 cm³/mol. The third kappa shape index (κ3) is 7.21. The topological polar surface area (TPSA) is 103 Å². The molecule has 1 aliphatic heterocycles. The Morgan fingerprint density at radius 1 is 1.38 bits per heavy atom. The van der Waals surface area contributed by atoms with Gasteiger partial charge in [0.05, 0.1) is 13.0 Å². The molecule has 2 aliphatic rings. The van der Waals surface area contributed by atoms with Crippen LogP contribution in [0, 0.1) is 11.8 Å². The van der Waals surface area contributed by atoms with Crippen molar-refractivity contribution in [2.24, 2.45) is 16.8 Å². The highest BCUT2D eigenvalue weighted by Crippen LogP contribution is 2.29. The van der Waals surface area contributed by atoms with Crippen LogP contribution in [-0.2, 0) is 9.63 Å². The number of hydroxylamine groups is 1. The van der Waals surface area contributed by atoms with E-state index in [1.807, 2.05) is 13.8 Å². The minimum atomic E-state index is -0.818. The van der Waals surface area contributed by atoms with Crippen LogP contribution in [0.2, 0.25) is 0 Å². The Morgan fingerprint density at radius 3 is 2.77 bits per heavy atom. The smallest absolute Gasteiger partial charge is 0.304 e. The molecule has 0 radical (unpaired) electrons. The van der Waals surface area contributed by atoms with Crippen molar-refractivity contribution in [3.63, 3.8) is 0 Å². The van der Waals surface area contributed by atoms with Crippen LogP contribution in [0.3, 0.4) is 0 Å². The van der Waals surface area contributed by atoms with Gasteiger partial charge in [-0.05, 0) is 26.2 Å². The molecule has 2 atom stereocenters. The third-order valence-electron chi connectivity index (χ3n) is 5.41. The lowest BCUT2D eigenvalue weighted by molar-refractivity contribution is -0.137. The number of nitrogens with one attached hydrogen (secondary N) is 2. The van der Waals surface area contributed by atoms with Crippen molar-refractivity contribution in [3.8, 4) is 0 Å². The Bertz CT molecular complexity index is 475. The Hall–Kier alpha value is -1.18. The average Bonchev–Trinajstić information content (AvgIpc) is 3.09. The van der Waals surface area contributed by atoms with E-state index in [-0.39, 0.29) is 30.7 Å². The lowest BCUT2D eigenvalue weighted by Crippen LogP contribution is -2.47. The first-order valence-corrected chi connectivity index (χ1v) is 9.97. The van der Waals surface area contributed by atoms with Gasteiger partial charge in [-0.2, -0.15) is 0 Å². The number of hydrogen-bond donors (Lipinski definition) is 4.